The van der Waals surface area contributed by atoms with Gasteiger partial charge in [-0.1, -0.05) is 74.9 Å². The summed E-state index contributed by atoms with van der Waals surface area (Å²) in [5.74, 6) is 0. The number of hydrogen-bond acceptors (Lipinski definition) is 4. The van der Waals surface area contributed by atoms with Crippen molar-refractivity contribution in [3.05, 3.63) is 88.0 Å². The zero-order chi connectivity index (χ0) is 30.6. The number of anilines is 1. The molecular weight excluding hydrogens is 548 g/mol. The molecule has 3 aromatic carbocycles. The normalized spacial score (nSPS) is 13.8. The van der Waals surface area contributed by atoms with Crippen molar-refractivity contribution in [2.75, 3.05) is 11.4 Å². The molecule has 3 rings (SSSR count). The summed E-state index contributed by atoms with van der Waals surface area (Å²) < 4.78 is 89.5. The van der Waals surface area contributed by atoms with Gasteiger partial charge in [-0.2, -0.15) is 22.0 Å². The van der Waals surface area contributed by atoms with Crippen LogP contribution in [0.2, 0.25) is 0 Å². The minimum absolute atomic E-state index is 0.00621. The predicted octanol–water partition coefficient (Wildman–Crippen LogP) is 7.19. The Labute approximate surface area is 235 Å². The van der Waals surface area contributed by atoms with Gasteiger partial charge in [0.15, 0.2) is 0 Å². The van der Waals surface area contributed by atoms with Gasteiger partial charge in [-0.15, -0.1) is 0 Å². The van der Waals surface area contributed by atoms with E-state index in [9.17, 15) is 37.3 Å². The molecule has 3 N–H and O–H groups in total. The molecule has 4 nitrogen and oxygen atoms in total. The third-order valence-electron chi connectivity index (χ3n) is 7.30. The highest BCUT2D eigenvalue weighted by molar-refractivity contribution is 5.80. The Morgan fingerprint density at radius 3 is 1.90 bits per heavy atom. The summed E-state index contributed by atoms with van der Waals surface area (Å²) >= 11 is 0. The fourth-order valence-electron chi connectivity index (χ4n) is 5.26. The number of nitrogens with zero attached hydrogens (tertiary/aromatic N) is 1. The summed E-state index contributed by atoms with van der Waals surface area (Å²) in [5.41, 5.74) is -5.25. The second-order valence-corrected chi connectivity index (χ2v) is 9.89. The van der Waals surface area contributed by atoms with E-state index >= 15 is 4.39 Å². The average molecular weight is 584 g/mol. The van der Waals surface area contributed by atoms with Crippen LogP contribution in [-0.2, 0) is 38.3 Å². The van der Waals surface area contributed by atoms with E-state index in [1.807, 2.05) is 0 Å². The van der Waals surface area contributed by atoms with Crippen LogP contribution in [0.15, 0.2) is 54.6 Å². The van der Waals surface area contributed by atoms with Gasteiger partial charge < -0.3 is 20.2 Å². The summed E-state index contributed by atoms with van der Waals surface area (Å²) in [6.07, 6.45) is -11.1. The lowest BCUT2D eigenvalue weighted by molar-refractivity contribution is -0.375. The molecular formula is C31H35F6NO3. The first-order valence-corrected chi connectivity index (χ1v) is 13.5. The first kappa shape index (κ1) is 32.4. The molecule has 224 valence electrons. The van der Waals surface area contributed by atoms with Gasteiger partial charge in [-0.05, 0) is 58.7 Å². The fraction of sp³-hybridized carbons (Fsp3) is 0.419. The average Bonchev–Trinajstić information content (AvgIpc) is 2.94. The summed E-state index contributed by atoms with van der Waals surface area (Å²) in [4.78, 5) is 1.40. The molecule has 0 aliphatic heterocycles. The summed E-state index contributed by atoms with van der Waals surface area (Å²) in [7, 11) is 0. The van der Waals surface area contributed by atoms with Crippen molar-refractivity contribution in [1.29, 1.82) is 0 Å². The molecule has 0 saturated carbocycles. The van der Waals surface area contributed by atoms with E-state index in [4.69, 9.17) is 0 Å². The molecule has 41 heavy (non-hydrogen) atoms. The molecule has 0 saturated heterocycles. The lowest BCUT2D eigenvalue weighted by atomic mass is 9.80. The van der Waals surface area contributed by atoms with Gasteiger partial charge >= 0.3 is 18.0 Å². The molecule has 3 aromatic rings. The predicted molar refractivity (Wildman–Crippen MR) is 146 cm³/mol. The van der Waals surface area contributed by atoms with Crippen molar-refractivity contribution < 1.29 is 41.7 Å². The third kappa shape index (κ3) is 6.24. The fourth-order valence-corrected chi connectivity index (χ4v) is 5.26. The number of alkyl halides is 6. The van der Waals surface area contributed by atoms with Gasteiger partial charge in [-0.3, -0.25) is 0 Å². The Bertz CT molecular complexity index is 1310. The second-order valence-electron chi connectivity index (χ2n) is 9.89. The molecule has 10 heteroatoms. The van der Waals surface area contributed by atoms with E-state index < -0.39 is 35.7 Å². The highest BCUT2D eigenvalue weighted by atomic mass is 19.4. The molecule has 0 aliphatic carbocycles. The van der Waals surface area contributed by atoms with Crippen LogP contribution in [0.1, 0.15) is 60.6 Å². The van der Waals surface area contributed by atoms with Crippen LogP contribution >= 0.6 is 0 Å². The molecule has 0 aliphatic rings. The number of aliphatic hydroxyl groups excluding tert-OH is 2. The molecule has 1 unspecified atom stereocenters. The Balaban J connectivity index is 2.51. The molecule has 0 radical (unpaired) electrons. The van der Waals surface area contributed by atoms with Crippen LogP contribution in [0.25, 0.3) is 11.1 Å². The molecule has 0 fully saturated rings. The molecule has 0 bridgehead atoms. The number of aliphatic hydroxyl groups is 3. The highest BCUT2D eigenvalue weighted by Crippen LogP contribution is 2.57. The Morgan fingerprint density at radius 2 is 1.41 bits per heavy atom. The van der Waals surface area contributed by atoms with Crippen molar-refractivity contribution in [2.24, 2.45) is 0 Å². The zero-order valence-electron chi connectivity index (χ0n) is 23.2. The lowest BCUT2D eigenvalue weighted by Crippen LogP contribution is -2.53. The summed E-state index contributed by atoms with van der Waals surface area (Å²) in [6, 6.07) is 13.4. The van der Waals surface area contributed by atoms with Crippen LogP contribution in [-0.4, -0.2) is 34.1 Å². The van der Waals surface area contributed by atoms with Crippen molar-refractivity contribution >= 4 is 5.69 Å². The maximum absolute atomic E-state index is 16.4. The molecule has 0 amide bonds. The Morgan fingerprint density at radius 1 is 0.780 bits per heavy atom. The first-order chi connectivity index (χ1) is 19.3. The van der Waals surface area contributed by atoms with Crippen molar-refractivity contribution in [2.45, 2.75) is 77.7 Å². The summed E-state index contributed by atoms with van der Waals surface area (Å²) in [6.45, 7) is 4.29. The summed E-state index contributed by atoms with van der Waals surface area (Å²) in [5, 5.41) is 28.9. The number of rotatable bonds is 12. The number of aryl methyl sites for hydroxylation is 1. The van der Waals surface area contributed by atoms with Crippen LogP contribution in [0.4, 0.5) is 32.0 Å². The van der Waals surface area contributed by atoms with Gasteiger partial charge in [0.1, 0.15) is 0 Å². The standard InChI is InChI=1S/C31H35F6NO3/c1-4-10-25-21(5-2)16-26(22-11-8-7-9-12-22)27(29(32,30(33,34)35)31(36,37)41)28(25)38(6-3)17-20-13-14-23(18-39)24(15-20)19-40/h7-9,11-16,39-41H,4-6,10,17-19H2,1-3H3. The van der Waals surface area contributed by atoms with Crippen molar-refractivity contribution in [1.82, 2.24) is 0 Å². The Hall–Kier alpha value is -3.08. The van der Waals surface area contributed by atoms with Gasteiger partial charge in [-0.25, -0.2) is 4.39 Å². The van der Waals surface area contributed by atoms with E-state index in [1.54, 1.807) is 45.0 Å². The largest absolute Gasteiger partial charge is 0.435 e. The molecule has 1 atom stereocenters. The van der Waals surface area contributed by atoms with E-state index in [0.29, 0.717) is 35.1 Å². The van der Waals surface area contributed by atoms with E-state index in [2.05, 4.69) is 0 Å². The van der Waals surface area contributed by atoms with Gasteiger partial charge in [0.25, 0.3) is 0 Å². The highest BCUT2D eigenvalue weighted by Gasteiger charge is 2.73. The topological polar surface area (TPSA) is 63.9 Å². The van der Waals surface area contributed by atoms with Crippen LogP contribution in [0.5, 0.6) is 0 Å². The Kier molecular flexibility index (Phi) is 10.2. The molecule has 0 aromatic heterocycles. The van der Waals surface area contributed by atoms with E-state index in [1.165, 1.54) is 35.2 Å². The monoisotopic (exact) mass is 583 g/mol. The van der Waals surface area contributed by atoms with Gasteiger partial charge in [0.2, 0.25) is 0 Å². The van der Waals surface area contributed by atoms with Gasteiger partial charge in [0, 0.05) is 24.3 Å². The second kappa shape index (κ2) is 12.8. The first-order valence-electron chi connectivity index (χ1n) is 13.5. The van der Waals surface area contributed by atoms with Crippen molar-refractivity contribution in [3.63, 3.8) is 0 Å². The van der Waals surface area contributed by atoms with Gasteiger partial charge in [0.05, 0.1) is 13.2 Å². The van der Waals surface area contributed by atoms with E-state index in [0.717, 1.165) is 0 Å². The maximum Gasteiger partial charge on any atom is 0.435 e. The number of halogens is 6. The third-order valence-corrected chi connectivity index (χ3v) is 7.30. The quantitative estimate of drug-likeness (QED) is 0.198. The smallest absolute Gasteiger partial charge is 0.392 e. The van der Waals surface area contributed by atoms with Crippen LogP contribution < -0.4 is 4.90 Å². The van der Waals surface area contributed by atoms with E-state index in [-0.39, 0.29) is 42.9 Å². The SMILES string of the molecule is CCCc1c(CC)cc(-c2ccccc2)c(C(F)(C(O)(F)F)C(F)(F)F)c1N(CC)Cc1ccc(CO)c(CO)c1. The van der Waals surface area contributed by atoms with Crippen LogP contribution in [0, 0.1) is 0 Å². The van der Waals surface area contributed by atoms with Crippen molar-refractivity contribution in [3.8, 4) is 11.1 Å². The number of benzene rings is 3. The molecule has 0 heterocycles. The molecule has 0 spiro atoms. The zero-order valence-corrected chi connectivity index (χ0v) is 23.2. The minimum Gasteiger partial charge on any atom is -0.392 e. The lowest BCUT2D eigenvalue weighted by Gasteiger charge is -2.39. The maximum atomic E-state index is 16.4. The minimum atomic E-state index is -6.19. The number of hydrogen-bond donors (Lipinski definition) is 3. The van der Waals surface area contributed by atoms with Crippen LogP contribution in [0.3, 0.4) is 0 Å².